The topological polar surface area (TPSA) is 37.4 Å². The fourth-order valence-electron chi connectivity index (χ4n) is 2.52. The van der Waals surface area contributed by atoms with Crippen LogP contribution in [0.15, 0.2) is 29.2 Å². The van der Waals surface area contributed by atoms with Gasteiger partial charge in [-0.3, -0.25) is 0 Å². The van der Waals surface area contributed by atoms with Crippen LogP contribution in [-0.4, -0.2) is 25.8 Å². The zero-order valence-electron chi connectivity index (χ0n) is 13.8. The third-order valence-electron chi connectivity index (χ3n) is 3.79. The van der Waals surface area contributed by atoms with Gasteiger partial charge in [-0.25, -0.2) is 8.42 Å². The largest absolute Gasteiger partial charge is 0.243 e. The van der Waals surface area contributed by atoms with Crippen LogP contribution < -0.4 is 0 Å². The predicted molar refractivity (Wildman–Crippen MR) is 89.0 cm³/mol. The first-order valence-corrected chi connectivity index (χ1v) is 9.42. The normalized spacial score (nSPS) is 16.4. The van der Waals surface area contributed by atoms with Crippen LogP contribution in [0.5, 0.6) is 0 Å². The molecule has 1 fully saturated rings. The first kappa shape index (κ1) is 18.2. The lowest BCUT2D eigenvalue weighted by Gasteiger charge is -2.30. The molecule has 1 aliphatic rings. The molecule has 0 aromatic heterocycles. The summed E-state index contributed by atoms with van der Waals surface area (Å²) in [5, 5.41) is 0. The highest BCUT2D eigenvalue weighted by Gasteiger charge is 2.28. The minimum Gasteiger partial charge on any atom is -0.207 e. The van der Waals surface area contributed by atoms with Crippen molar-refractivity contribution in [3.05, 3.63) is 29.8 Å². The van der Waals surface area contributed by atoms with E-state index in [2.05, 4.69) is 13.8 Å². The molecule has 120 valence electrons. The van der Waals surface area contributed by atoms with Crippen LogP contribution >= 0.6 is 0 Å². The van der Waals surface area contributed by atoms with Crippen molar-refractivity contribution in [2.24, 2.45) is 0 Å². The lowest BCUT2D eigenvalue weighted by Crippen LogP contribution is -2.38. The van der Waals surface area contributed by atoms with E-state index < -0.39 is 10.0 Å². The summed E-state index contributed by atoms with van der Waals surface area (Å²) in [5.74, 6) is 0. The van der Waals surface area contributed by atoms with E-state index in [0.717, 1.165) is 31.2 Å². The van der Waals surface area contributed by atoms with E-state index >= 15 is 0 Å². The molecule has 0 atom stereocenters. The molecule has 0 radical (unpaired) electrons. The van der Waals surface area contributed by atoms with Crippen molar-refractivity contribution in [3.63, 3.8) is 0 Å². The molecular formula is C17H29NO2S. The summed E-state index contributed by atoms with van der Waals surface area (Å²) in [6.45, 7) is 6.21. The van der Waals surface area contributed by atoms with Gasteiger partial charge in [-0.15, -0.1) is 0 Å². The molecule has 3 nitrogen and oxygen atoms in total. The monoisotopic (exact) mass is 311 g/mol. The molecule has 0 heterocycles. The van der Waals surface area contributed by atoms with E-state index in [9.17, 15) is 8.42 Å². The van der Waals surface area contributed by atoms with Gasteiger partial charge in [0.2, 0.25) is 10.0 Å². The van der Waals surface area contributed by atoms with Crippen molar-refractivity contribution in [1.82, 2.24) is 4.31 Å². The minimum atomic E-state index is -3.32. The molecule has 4 heteroatoms. The second-order valence-electron chi connectivity index (χ2n) is 5.83. The van der Waals surface area contributed by atoms with E-state index in [-0.39, 0.29) is 6.04 Å². The molecule has 0 amide bonds. The molecule has 2 rings (SSSR count). The molecule has 1 aromatic carbocycles. The summed E-state index contributed by atoms with van der Waals surface area (Å²) in [6.07, 6.45) is 6.73. The number of sulfonamides is 1. The van der Waals surface area contributed by atoms with Gasteiger partial charge in [0.1, 0.15) is 0 Å². The molecule has 0 unspecified atom stereocenters. The Morgan fingerprint density at radius 2 is 1.52 bits per heavy atom. The van der Waals surface area contributed by atoms with E-state index in [4.69, 9.17) is 0 Å². The maximum atomic E-state index is 12.5. The van der Waals surface area contributed by atoms with Crippen LogP contribution in [0.1, 0.15) is 57.9 Å². The fraction of sp³-hybridized carbons (Fsp3) is 0.647. The van der Waals surface area contributed by atoms with Gasteiger partial charge in [0.25, 0.3) is 0 Å². The second-order valence-corrected chi connectivity index (χ2v) is 7.83. The highest BCUT2D eigenvalue weighted by molar-refractivity contribution is 7.89. The Bertz CT molecular complexity index is 502. The quantitative estimate of drug-likeness (QED) is 0.831. The number of hydrogen-bond acceptors (Lipinski definition) is 2. The van der Waals surface area contributed by atoms with Gasteiger partial charge in [-0.2, -0.15) is 4.31 Å². The van der Waals surface area contributed by atoms with Crippen molar-refractivity contribution < 1.29 is 8.42 Å². The molecule has 0 spiro atoms. The molecule has 0 bridgehead atoms. The van der Waals surface area contributed by atoms with Crippen LogP contribution in [0.2, 0.25) is 0 Å². The number of benzene rings is 1. The van der Waals surface area contributed by atoms with Gasteiger partial charge in [0, 0.05) is 13.1 Å². The third kappa shape index (κ3) is 5.11. The lowest BCUT2D eigenvalue weighted by molar-refractivity contribution is 0.286. The molecule has 0 aliphatic heterocycles. The average molecular weight is 311 g/mol. The van der Waals surface area contributed by atoms with Gasteiger partial charge in [0.05, 0.1) is 4.90 Å². The van der Waals surface area contributed by atoms with Gasteiger partial charge in [-0.05, 0) is 31.9 Å². The summed E-state index contributed by atoms with van der Waals surface area (Å²) >= 11 is 0. The first-order chi connectivity index (χ1) is 9.93. The zero-order chi connectivity index (χ0) is 15.9. The minimum absolute atomic E-state index is 0.171. The van der Waals surface area contributed by atoms with Crippen LogP contribution in [-0.2, 0) is 10.0 Å². The fourth-order valence-corrected chi connectivity index (χ4v) is 3.93. The number of rotatable bonds is 3. The summed E-state index contributed by atoms with van der Waals surface area (Å²) in [5.41, 5.74) is 1.08. The Labute approximate surface area is 130 Å². The molecule has 1 saturated carbocycles. The highest BCUT2D eigenvalue weighted by Crippen LogP contribution is 2.26. The molecule has 0 saturated heterocycles. The number of nitrogens with zero attached hydrogens (tertiary/aromatic N) is 1. The standard InChI is InChI=1S/C14H21NO2S.C3H8/c1-12-8-10-14(11-9-12)18(16,17)15(2)13-6-4-3-5-7-13;1-3-2/h8-11,13H,3-7H2,1-2H3;3H2,1-2H3. The van der Waals surface area contributed by atoms with E-state index in [0.29, 0.717) is 4.90 Å². The third-order valence-corrected chi connectivity index (χ3v) is 5.71. The number of aryl methyl sites for hydroxylation is 1. The average Bonchev–Trinajstić information content (AvgIpc) is 2.48. The zero-order valence-corrected chi connectivity index (χ0v) is 14.6. The Hall–Kier alpha value is -0.870. The van der Waals surface area contributed by atoms with Crippen molar-refractivity contribution in [2.45, 2.75) is 70.2 Å². The van der Waals surface area contributed by atoms with Crippen molar-refractivity contribution in [3.8, 4) is 0 Å². The Morgan fingerprint density at radius 1 is 1.05 bits per heavy atom. The maximum Gasteiger partial charge on any atom is 0.243 e. The second kappa shape index (κ2) is 8.54. The molecule has 21 heavy (non-hydrogen) atoms. The van der Waals surface area contributed by atoms with Crippen LogP contribution in [0, 0.1) is 6.92 Å². The van der Waals surface area contributed by atoms with Crippen LogP contribution in [0.4, 0.5) is 0 Å². The van der Waals surface area contributed by atoms with Crippen molar-refractivity contribution in [1.29, 1.82) is 0 Å². The van der Waals surface area contributed by atoms with Gasteiger partial charge >= 0.3 is 0 Å². The number of hydrogen-bond donors (Lipinski definition) is 0. The first-order valence-electron chi connectivity index (χ1n) is 7.98. The Balaban J connectivity index is 0.000000677. The maximum absolute atomic E-state index is 12.5. The Kier molecular flexibility index (Phi) is 7.40. The highest BCUT2D eigenvalue weighted by atomic mass is 32.2. The van der Waals surface area contributed by atoms with E-state index in [1.54, 1.807) is 23.5 Å². The molecule has 0 N–H and O–H groups in total. The van der Waals surface area contributed by atoms with E-state index in [1.807, 2.05) is 19.1 Å². The summed E-state index contributed by atoms with van der Waals surface area (Å²) in [7, 11) is -1.61. The predicted octanol–water partition coefficient (Wildman–Crippen LogP) is 4.36. The lowest BCUT2D eigenvalue weighted by atomic mass is 9.96. The van der Waals surface area contributed by atoms with Gasteiger partial charge in [0.15, 0.2) is 0 Å². The van der Waals surface area contributed by atoms with Crippen molar-refractivity contribution in [2.75, 3.05) is 7.05 Å². The summed E-state index contributed by atoms with van der Waals surface area (Å²) in [4.78, 5) is 0.404. The van der Waals surface area contributed by atoms with Gasteiger partial charge < -0.3 is 0 Å². The smallest absolute Gasteiger partial charge is 0.207 e. The van der Waals surface area contributed by atoms with Crippen LogP contribution in [0.3, 0.4) is 0 Å². The molecule has 1 aliphatic carbocycles. The van der Waals surface area contributed by atoms with E-state index in [1.165, 1.54) is 12.8 Å². The summed E-state index contributed by atoms with van der Waals surface area (Å²) < 4.78 is 26.5. The van der Waals surface area contributed by atoms with Crippen molar-refractivity contribution >= 4 is 10.0 Å². The summed E-state index contributed by atoms with van der Waals surface area (Å²) in [6, 6.07) is 7.27. The molecular weight excluding hydrogens is 282 g/mol. The Morgan fingerprint density at radius 3 is 2.00 bits per heavy atom. The SMILES string of the molecule is CCC.Cc1ccc(S(=O)(=O)N(C)C2CCCCC2)cc1. The van der Waals surface area contributed by atoms with Crippen LogP contribution in [0.25, 0.3) is 0 Å². The van der Waals surface area contributed by atoms with Gasteiger partial charge in [-0.1, -0.05) is 57.2 Å². The molecule has 1 aromatic rings.